The van der Waals surface area contributed by atoms with E-state index in [0.717, 1.165) is 108 Å². The van der Waals surface area contributed by atoms with Crippen molar-refractivity contribution in [3.63, 3.8) is 0 Å². The van der Waals surface area contributed by atoms with Gasteiger partial charge in [-0.2, -0.15) is 0 Å². The number of hydrogen-bond acceptors (Lipinski definition) is 15. The van der Waals surface area contributed by atoms with Gasteiger partial charge in [0.15, 0.2) is 12.2 Å². The molecule has 0 aromatic carbocycles. The zero-order valence-electron chi connectivity index (χ0n) is 57.7. The third kappa shape index (κ3) is 64.6. The Morgan fingerprint density at radius 1 is 0.303 bits per heavy atom. The van der Waals surface area contributed by atoms with E-state index in [1.165, 1.54) is 167 Å². The van der Waals surface area contributed by atoms with E-state index in [1.54, 1.807) is 0 Å². The summed E-state index contributed by atoms with van der Waals surface area (Å²) in [7, 11) is -9.89. The normalized spacial score (nSPS) is 14.1. The summed E-state index contributed by atoms with van der Waals surface area (Å²) in [5.74, 6) is -0.575. The number of carbonyl (C=O) groups is 4. The quantitative estimate of drug-likeness (QED) is 0.0222. The van der Waals surface area contributed by atoms with Gasteiger partial charge in [0.1, 0.15) is 19.3 Å². The molecule has 0 fully saturated rings. The molecule has 0 radical (unpaired) electrons. The predicted molar refractivity (Wildman–Crippen MR) is 358 cm³/mol. The van der Waals surface area contributed by atoms with E-state index < -0.39 is 97.5 Å². The Balaban J connectivity index is 5.16. The standard InChI is InChI=1S/C70H136O17P2/c1-7-9-11-13-14-15-16-17-18-26-31-36-42-48-54-69(74)86-65(58-80-67(72)52-46-38-12-10-8-2)60-84-88(76,77)82-56-64(71)57-83-89(78,79)85-61-66(87-70(75)55-49-43-37-32-27-22-20-24-29-34-40-45-51-63(5)6)59-81-68(73)53-47-41-35-30-25-21-19-23-28-33-39-44-50-62(3)4/h62-66,71H,7-61H2,1-6H3,(H,76,77)(H,78,79)/t64-,65+,66+/m0/s1. The largest absolute Gasteiger partial charge is 0.472 e. The minimum Gasteiger partial charge on any atom is -0.462 e. The lowest BCUT2D eigenvalue weighted by molar-refractivity contribution is -0.161. The molecule has 0 aliphatic heterocycles. The molecule has 0 spiro atoms. The molecule has 5 atom stereocenters. The molecule has 0 saturated carbocycles. The number of hydrogen-bond donors (Lipinski definition) is 3. The van der Waals surface area contributed by atoms with Crippen molar-refractivity contribution in [1.82, 2.24) is 0 Å². The van der Waals surface area contributed by atoms with Gasteiger partial charge in [-0.05, 0) is 37.5 Å². The van der Waals surface area contributed by atoms with Crippen LogP contribution in [0.15, 0.2) is 0 Å². The van der Waals surface area contributed by atoms with Crippen molar-refractivity contribution in [1.29, 1.82) is 0 Å². The van der Waals surface area contributed by atoms with Crippen molar-refractivity contribution in [3.8, 4) is 0 Å². The van der Waals surface area contributed by atoms with Gasteiger partial charge in [0.05, 0.1) is 26.4 Å². The fraction of sp³-hybridized carbons (Fsp3) is 0.943. The van der Waals surface area contributed by atoms with E-state index in [1.807, 2.05) is 0 Å². The van der Waals surface area contributed by atoms with Crippen LogP contribution in [0.2, 0.25) is 0 Å². The highest BCUT2D eigenvalue weighted by molar-refractivity contribution is 7.47. The molecule has 17 nitrogen and oxygen atoms in total. The number of phosphoric acid groups is 2. The molecule has 19 heteroatoms. The van der Waals surface area contributed by atoms with Gasteiger partial charge in [-0.15, -0.1) is 0 Å². The van der Waals surface area contributed by atoms with E-state index in [0.29, 0.717) is 25.7 Å². The lowest BCUT2D eigenvalue weighted by Gasteiger charge is -2.21. The average Bonchev–Trinajstić information content (AvgIpc) is 3.71. The van der Waals surface area contributed by atoms with Crippen LogP contribution in [-0.2, 0) is 65.4 Å². The van der Waals surface area contributed by atoms with Crippen LogP contribution < -0.4 is 0 Å². The van der Waals surface area contributed by atoms with Gasteiger partial charge in [0.25, 0.3) is 0 Å². The van der Waals surface area contributed by atoms with Gasteiger partial charge in [0, 0.05) is 25.7 Å². The van der Waals surface area contributed by atoms with Crippen molar-refractivity contribution in [2.24, 2.45) is 11.8 Å². The maximum absolute atomic E-state index is 13.0. The first-order valence-corrected chi connectivity index (χ1v) is 39.5. The molecular formula is C70H136O17P2. The number of rotatable bonds is 69. The molecule has 0 saturated heterocycles. The summed E-state index contributed by atoms with van der Waals surface area (Å²) in [6.07, 6.45) is 47.5. The molecule has 0 bridgehead atoms. The Morgan fingerprint density at radius 2 is 0.517 bits per heavy atom. The van der Waals surface area contributed by atoms with Gasteiger partial charge >= 0.3 is 39.5 Å². The SMILES string of the molecule is CCCCCCCCCCCCCCCCC(=O)O[C@H](COC(=O)CCCCCCC)COP(=O)(O)OC[C@H](O)COP(=O)(O)OC[C@@H](COC(=O)CCCCCCCCCCCCCCC(C)C)OC(=O)CCCCCCCCCCCCCCC(C)C. The second-order valence-electron chi connectivity index (χ2n) is 26.2. The van der Waals surface area contributed by atoms with Crippen LogP contribution in [0, 0.1) is 11.8 Å². The van der Waals surface area contributed by atoms with Crippen LogP contribution in [0.5, 0.6) is 0 Å². The van der Waals surface area contributed by atoms with Crippen LogP contribution >= 0.6 is 15.6 Å². The Bertz CT molecular complexity index is 1730. The van der Waals surface area contributed by atoms with Gasteiger partial charge in [-0.3, -0.25) is 37.3 Å². The molecular weight excluding hydrogens is 1170 g/mol. The molecule has 528 valence electrons. The first-order valence-electron chi connectivity index (χ1n) is 36.5. The minimum atomic E-state index is -4.95. The molecule has 0 heterocycles. The van der Waals surface area contributed by atoms with Crippen LogP contribution in [0.1, 0.15) is 356 Å². The van der Waals surface area contributed by atoms with Crippen molar-refractivity contribution in [2.75, 3.05) is 39.6 Å². The second kappa shape index (κ2) is 62.2. The Hall–Kier alpha value is -1.94. The first-order chi connectivity index (χ1) is 42.9. The summed E-state index contributed by atoms with van der Waals surface area (Å²) in [5, 5.41) is 10.6. The van der Waals surface area contributed by atoms with Crippen molar-refractivity contribution < 1.29 is 80.2 Å². The Morgan fingerprint density at radius 3 is 0.764 bits per heavy atom. The summed E-state index contributed by atoms with van der Waals surface area (Å²) < 4.78 is 68.1. The lowest BCUT2D eigenvalue weighted by Crippen LogP contribution is -2.30. The summed E-state index contributed by atoms with van der Waals surface area (Å²) in [5.41, 5.74) is 0. The van der Waals surface area contributed by atoms with Gasteiger partial charge < -0.3 is 33.8 Å². The van der Waals surface area contributed by atoms with Crippen LogP contribution in [-0.4, -0.2) is 96.7 Å². The van der Waals surface area contributed by atoms with Gasteiger partial charge in [0.2, 0.25) is 0 Å². The van der Waals surface area contributed by atoms with Crippen LogP contribution in [0.3, 0.4) is 0 Å². The third-order valence-electron chi connectivity index (χ3n) is 16.2. The zero-order valence-corrected chi connectivity index (χ0v) is 59.5. The maximum atomic E-state index is 13.0. The number of carbonyl (C=O) groups excluding carboxylic acids is 4. The summed E-state index contributed by atoms with van der Waals surface area (Å²) in [4.78, 5) is 72.3. The fourth-order valence-electron chi connectivity index (χ4n) is 10.6. The number of unbranched alkanes of at least 4 members (excludes halogenated alkanes) is 39. The fourth-order valence-corrected chi connectivity index (χ4v) is 12.2. The lowest BCUT2D eigenvalue weighted by atomic mass is 10.0. The smallest absolute Gasteiger partial charge is 0.462 e. The third-order valence-corrected chi connectivity index (χ3v) is 18.1. The topological polar surface area (TPSA) is 237 Å². The Labute approximate surface area is 543 Å². The number of ether oxygens (including phenoxy) is 4. The monoisotopic (exact) mass is 1310 g/mol. The highest BCUT2D eigenvalue weighted by Crippen LogP contribution is 2.45. The highest BCUT2D eigenvalue weighted by atomic mass is 31.2. The van der Waals surface area contributed by atoms with E-state index in [2.05, 4.69) is 41.5 Å². The summed E-state index contributed by atoms with van der Waals surface area (Å²) in [6, 6.07) is 0. The Kier molecular flexibility index (Phi) is 60.8. The van der Waals surface area contributed by atoms with Crippen molar-refractivity contribution in [2.45, 2.75) is 374 Å². The molecule has 0 aromatic heterocycles. The molecule has 0 aliphatic rings. The summed E-state index contributed by atoms with van der Waals surface area (Å²) in [6.45, 7) is 9.49. The number of esters is 4. The minimum absolute atomic E-state index is 0.107. The van der Waals surface area contributed by atoms with Crippen LogP contribution in [0.4, 0.5) is 0 Å². The maximum Gasteiger partial charge on any atom is 0.472 e. The predicted octanol–water partition coefficient (Wildman–Crippen LogP) is 20.0. The molecule has 0 amide bonds. The zero-order chi connectivity index (χ0) is 65.7. The van der Waals surface area contributed by atoms with Gasteiger partial charge in [-0.25, -0.2) is 9.13 Å². The molecule has 2 unspecified atom stereocenters. The molecule has 3 N–H and O–H groups in total. The highest BCUT2D eigenvalue weighted by Gasteiger charge is 2.30. The van der Waals surface area contributed by atoms with E-state index in [9.17, 15) is 43.2 Å². The van der Waals surface area contributed by atoms with Crippen molar-refractivity contribution >= 4 is 39.5 Å². The van der Waals surface area contributed by atoms with Gasteiger partial charge in [-0.1, -0.05) is 305 Å². The molecule has 0 aliphatic carbocycles. The van der Waals surface area contributed by atoms with E-state index >= 15 is 0 Å². The number of phosphoric ester groups is 2. The average molecular weight is 1310 g/mol. The molecule has 0 aromatic rings. The number of aliphatic hydroxyl groups is 1. The van der Waals surface area contributed by atoms with E-state index in [4.69, 9.17) is 37.0 Å². The molecule has 89 heavy (non-hydrogen) atoms. The van der Waals surface area contributed by atoms with Crippen molar-refractivity contribution in [3.05, 3.63) is 0 Å². The number of aliphatic hydroxyl groups excluding tert-OH is 1. The van der Waals surface area contributed by atoms with E-state index in [-0.39, 0.29) is 25.7 Å². The first kappa shape index (κ1) is 87.1. The van der Waals surface area contributed by atoms with Crippen LogP contribution in [0.25, 0.3) is 0 Å². The summed E-state index contributed by atoms with van der Waals surface area (Å²) >= 11 is 0. The second-order valence-corrected chi connectivity index (χ2v) is 29.1. The molecule has 0 rings (SSSR count).